The molecule has 39 heavy (non-hydrogen) atoms. The minimum Gasteiger partial charge on any atom is -0.497 e. The molecule has 0 spiro atoms. The highest BCUT2D eigenvalue weighted by Crippen LogP contribution is 2.36. The number of aromatic nitrogens is 2. The third-order valence-electron chi connectivity index (χ3n) is 6.36. The number of carbonyl (C=O) groups excluding carboxylic acids is 1. The molecule has 1 amide bonds. The molecule has 0 fully saturated rings. The summed E-state index contributed by atoms with van der Waals surface area (Å²) in [5.41, 5.74) is 2.81. The van der Waals surface area contributed by atoms with Gasteiger partial charge in [-0.2, -0.15) is 0 Å². The fourth-order valence-corrected chi connectivity index (χ4v) is 5.33. The van der Waals surface area contributed by atoms with Crippen molar-refractivity contribution in [1.82, 2.24) is 9.55 Å². The van der Waals surface area contributed by atoms with Crippen LogP contribution in [0.1, 0.15) is 0 Å². The van der Waals surface area contributed by atoms with Crippen molar-refractivity contribution in [2.24, 2.45) is 0 Å². The van der Waals surface area contributed by atoms with E-state index in [9.17, 15) is 9.59 Å². The van der Waals surface area contributed by atoms with E-state index in [2.05, 4.69) is 5.32 Å². The first-order valence-electron chi connectivity index (χ1n) is 12.1. The summed E-state index contributed by atoms with van der Waals surface area (Å²) in [6.45, 7) is 0. The number of anilines is 1. The van der Waals surface area contributed by atoms with Crippen molar-refractivity contribution in [2.45, 2.75) is 5.16 Å². The quantitative estimate of drug-likeness (QED) is 0.196. The summed E-state index contributed by atoms with van der Waals surface area (Å²) in [5, 5.41) is 5.66. The van der Waals surface area contributed by atoms with E-state index in [0.717, 1.165) is 16.4 Å². The molecule has 0 bridgehead atoms. The molecule has 4 aromatic carbocycles. The Balaban J connectivity index is 1.32. The number of rotatable bonds is 7. The third kappa shape index (κ3) is 4.57. The number of amides is 1. The normalized spacial score (nSPS) is 11.2. The van der Waals surface area contributed by atoms with Crippen LogP contribution in [0.2, 0.25) is 0 Å². The lowest BCUT2D eigenvalue weighted by molar-refractivity contribution is -0.113. The number of nitrogens with zero attached hydrogens (tertiary/aromatic N) is 2. The number of para-hydroxylation sites is 2. The number of carbonyl (C=O) groups is 1. The average molecular weight is 538 g/mol. The molecule has 0 saturated carbocycles. The van der Waals surface area contributed by atoms with Gasteiger partial charge in [0.2, 0.25) is 5.91 Å². The van der Waals surface area contributed by atoms with Crippen LogP contribution in [0.25, 0.3) is 38.5 Å². The maximum absolute atomic E-state index is 13.5. The van der Waals surface area contributed by atoms with E-state index in [1.54, 1.807) is 62.8 Å². The number of furan rings is 1. The van der Waals surface area contributed by atoms with Gasteiger partial charge in [0.05, 0.1) is 42.3 Å². The SMILES string of the molecule is COc1cccc(-n2c(SCC(=O)Nc3cc4oc5ccccc5c4cc3OC)nc3ccccc3c2=O)c1. The molecule has 0 unspecified atom stereocenters. The van der Waals surface area contributed by atoms with E-state index in [0.29, 0.717) is 44.5 Å². The first kappa shape index (κ1) is 24.6. The highest BCUT2D eigenvalue weighted by molar-refractivity contribution is 7.99. The summed E-state index contributed by atoms with van der Waals surface area (Å²) >= 11 is 1.17. The lowest BCUT2D eigenvalue weighted by Gasteiger charge is -2.14. The molecule has 0 saturated heterocycles. The lowest BCUT2D eigenvalue weighted by atomic mass is 10.1. The van der Waals surface area contributed by atoms with Gasteiger partial charge < -0.3 is 19.2 Å². The highest BCUT2D eigenvalue weighted by Gasteiger charge is 2.17. The van der Waals surface area contributed by atoms with Gasteiger partial charge in [-0.25, -0.2) is 4.98 Å². The summed E-state index contributed by atoms with van der Waals surface area (Å²) in [4.78, 5) is 31.3. The van der Waals surface area contributed by atoms with Crippen molar-refractivity contribution >= 4 is 56.2 Å². The average Bonchev–Trinajstić information content (AvgIpc) is 3.33. The molecule has 2 aromatic heterocycles. The minimum atomic E-state index is -0.284. The van der Waals surface area contributed by atoms with Crippen LogP contribution >= 0.6 is 11.8 Å². The fraction of sp³-hybridized carbons (Fsp3) is 0.100. The highest BCUT2D eigenvalue weighted by atomic mass is 32.2. The Bertz CT molecular complexity index is 1930. The van der Waals surface area contributed by atoms with Crippen LogP contribution < -0.4 is 20.3 Å². The fourth-order valence-electron chi connectivity index (χ4n) is 4.52. The molecular weight excluding hydrogens is 514 g/mol. The van der Waals surface area contributed by atoms with Crippen LogP contribution in [0, 0.1) is 0 Å². The standard InChI is InChI=1S/C30H23N3O5S/c1-36-19-9-7-8-18(14-19)33-29(35)21-11-3-5-12-23(21)32-30(33)39-17-28(34)31-24-16-26-22(15-27(24)37-2)20-10-4-6-13-25(20)38-26/h3-16H,17H2,1-2H3,(H,31,34). The first-order valence-corrected chi connectivity index (χ1v) is 13.1. The van der Waals surface area contributed by atoms with E-state index in [4.69, 9.17) is 18.9 Å². The van der Waals surface area contributed by atoms with Gasteiger partial charge in [0.1, 0.15) is 22.7 Å². The summed E-state index contributed by atoms with van der Waals surface area (Å²) < 4.78 is 18.4. The summed E-state index contributed by atoms with van der Waals surface area (Å²) in [6, 6.07) is 25.7. The van der Waals surface area contributed by atoms with Crippen LogP contribution in [0.5, 0.6) is 11.5 Å². The smallest absolute Gasteiger partial charge is 0.266 e. The molecule has 8 nitrogen and oxygen atoms in total. The van der Waals surface area contributed by atoms with Gasteiger partial charge in [0.15, 0.2) is 5.16 Å². The molecule has 9 heteroatoms. The molecule has 1 N–H and O–H groups in total. The molecule has 0 aliphatic heterocycles. The number of hydrogen-bond donors (Lipinski definition) is 1. The molecule has 0 aliphatic carbocycles. The number of nitrogens with one attached hydrogen (secondary N) is 1. The number of fused-ring (bicyclic) bond motifs is 4. The molecule has 6 rings (SSSR count). The predicted octanol–water partition coefficient (Wildman–Crippen LogP) is 6.03. The molecule has 0 radical (unpaired) electrons. The lowest BCUT2D eigenvalue weighted by Crippen LogP contribution is -2.23. The second kappa shape index (κ2) is 10.2. The summed E-state index contributed by atoms with van der Waals surface area (Å²) in [6.07, 6.45) is 0. The minimum absolute atomic E-state index is 0.00999. The zero-order valence-corrected chi connectivity index (χ0v) is 22.0. The number of thioether (sulfide) groups is 1. The van der Waals surface area contributed by atoms with Crippen LogP contribution in [0.3, 0.4) is 0 Å². The van der Waals surface area contributed by atoms with Gasteiger partial charge in [0, 0.05) is 22.9 Å². The topological polar surface area (TPSA) is 95.6 Å². The molecule has 194 valence electrons. The zero-order valence-electron chi connectivity index (χ0n) is 21.1. The van der Waals surface area contributed by atoms with Crippen LogP contribution in [-0.2, 0) is 4.79 Å². The summed E-state index contributed by atoms with van der Waals surface area (Å²) in [5.74, 6) is 0.850. The van der Waals surface area contributed by atoms with Crippen molar-refractivity contribution in [3.05, 3.63) is 95.3 Å². The number of ether oxygens (including phenoxy) is 2. The maximum Gasteiger partial charge on any atom is 0.266 e. The van der Waals surface area contributed by atoms with Crippen LogP contribution in [0.4, 0.5) is 5.69 Å². The molecule has 0 aliphatic rings. The first-order chi connectivity index (χ1) is 19.1. The van der Waals surface area contributed by atoms with Crippen molar-refractivity contribution in [3.8, 4) is 17.2 Å². The molecule has 0 atom stereocenters. The van der Waals surface area contributed by atoms with Gasteiger partial charge in [-0.15, -0.1) is 0 Å². The number of hydrogen-bond acceptors (Lipinski definition) is 7. The third-order valence-corrected chi connectivity index (χ3v) is 7.30. The van der Waals surface area contributed by atoms with Gasteiger partial charge >= 0.3 is 0 Å². The summed E-state index contributed by atoms with van der Waals surface area (Å²) in [7, 11) is 3.12. The Labute approximate surface area is 227 Å². The van der Waals surface area contributed by atoms with Gasteiger partial charge in [-0.1, -0.05) is 48.2 Å². The zero-order chi connectivity index (χ0) is 26.9. The largest absolute Gasteiger partial charge is 0.497 e. The second-order valence-electron chi connectivity index (χ2n) is 8.74. The van der Waals surface area contributed by atoms with Crippen molar-refractivity contribution < 1.29 is 18.7 Å². The predicted molar refractivity (Wildman–Crippen MR) is 154 cm³/mol. The van der Waals surface area contributed by atoms with E-state index in [1.807, 2.05) is 36.4 Å². The Kier molecular flexibility index (Phi) is 6.42. The Morgan fingerprint density at radius 2 is 1.69 bits per heavy atom. The van der Waals surface area contributed by atoms with Gasteiger partial charge in [0.25, 0.3) is 5.56 Å². The number of benzene rings is 4. The van der Waals surface area contributed by atoms with Crippen LogP contribution in [0.15, 0.2) is 99.3 Å². The Hall–Kier alpha value is -4.76. The van der Waals surface area contributed by atoms with E-state index in [1.165, 1.54) is 16.3 Å². The number of methoxy groups -OCH3 is 2. The maximum atomic E-state index is 13.5. The Morgan fingerprint density at radius 3 is 2.51 bits per heavy atom. The molecular formula is C30H23N3O5S. The van der Waals surface area contributed by atoms with E-state index < -0.39 is 0 Å². The second-order valence-corrected chi connectivity index (χ2v) is 9.68. The molecule has 2 heterocycles. The van der Waals surface area contributed by atoms with Crippen molar-refractivity contribution in [1.29, 1.82) is 0 Å². The van der Waals surface area contributed by atoms with Crippen molar-refractivity contribution in [3.63, 3.8) is 0 Å². The molecule has 6 aromatic rings. The monoisotopic (exact) mass is 537 g/mol. The van der Waals surface area contributed by atoms with Gasteiger partial charge in [-0.3, -0.25) is 14.2 Å². The van der Waals surface area contributed by atoms with Gasteiger partial charge in [-0.05, 0) is 36.4 Å². The van der Waals surface area contributed by atoms with E-state index >= 15 is 0 Å². The Morgan fingerprint density at radius 1 is 0.897 bits per heavy atom. The van der Waals surface area contributed by atoms with Crippen LogP contribution in [-0.4, -0.2) is 35.4 Å². The van der Waals surface area contributed by atoms with Crippen molar-refractivity contribution in [2.75, 3.05) is 25.3 Å². The van der Waals surface area contributed by atoms with E-state index in [-0.39, 0.29) is 17.2 Å².